The fourth-order valence-electron chi connectivity index (χ4n) is 4.95. The second-order valence-corrected chi connectivity index (χ2v) is 7.48. The molecule has 22 heavy (non-hydrogen) atoms. The molecule has 4 rings (SSSR count). The Bertz CT molecular complexity index is 684. The van der Waals surface area contributed by atoms with Crippen LogP contribution in [0.5, 0.6) is 0 Å². The van der Waals surface area contributed by atoms with Gasteiger partial charge in [0.05, 0.1) is 0 Å². The number of fused-ring (bicyclic) bond motifs is 5. The van der Waals surface area contributed by atoms with E-state index in [0.29, 0.717) is 5.41 Å². The summed E-state index contributed by atoms with van der Waals surface area (Å²) in [5.41, 5.74) is 5.20. The van der Waals surface area contributed by atoms with Crippen molar-refractivity contribution in [1.29, 1.82) is 0 Å². The zero-order valence-electron chi connectivity index (χ0n) is 14.1. The average molecular weight is 296 g/mol. The fraction of sp³-hybridized carbons (Fsp3) is 0.600. The van der Waals surface area contributed by atoms with Crippen LogP contribution in [0, 0.1) is 5.41 Å². The minimum absolute atomic E-state index is 0.566. The summed E-state index contributed by atoms with van der Waals surface area (Å²) in [5, 5.41) is 1.49. The minimum Gasteiger partial charge on any atom is -0.347 e. The van der Waals surface area contributed by atoms with Crippen LogP contribution in [0.4, 0.5) is 0 Å². The number of para-hydroxylation sites is 1. The summed E-state index contributed by atoms with van der Waals surface area (Å²) >= 11 is 0. The average Bonchev–Trinajstić information content (AvgIpc) is 2.85. The molecule has 0 radical (unpaired) electrons. The van der Waals surface area contributed by atoms with Crippen LogP contribution >= 0.6 is 0 Å². The van der Waals surface area contributed by atoms with E-state index in [9.17, 15) is 0 Å². The van der Waals surface area contributed by atoms with Crippen molar-refractivity contribution in [3.8, 4) is 0 Å². The van der Waals surface area contributed by atoms with Crippen LogP contribution in [-0.2, 0) is 19.9 Å². The fourth-order valence-corrected chi connectivity index (χ4v) is 4.95. The van der Waals surface area contributed by atoms with Gasteiger partial charge in [0.2, 0.25) is 0 Å². The Kier molecular flexibility index (Phi) is 3.53. The Morgan fingerprint density at radius 1 is 1.09 bits per heavy atom. The van der Waals surface area contributed by atoms with Crippen LogP contribution in [0.3, 0.4) is 0 Å². The molecule has 1 aromatic carbocycles. The van der Waals surface area contributed by atoms with E-state index in [2.05, 4.69) is 47.7 Å². The molecule has 0 saturated carbocycles. The molecule has 2 aliphatic rings. The molecule has 0 N–H and O–H groups in total. The smallest absolute Gasteiger partial charge is 0.0482 e. The predicted molar refractivity (Wildman–Crippen MR) is 93.3 cm³/mol. The number of rotatable bonds is 1. The Morgan fingerprint density at radius 2 is 1.95 bits per heavy atom. The van der Waals surface area contributed by atoms with Crippen molar-refractivity contribution in [2.24, 2.45) is 12.5 Å². The highest BCUT2D eigenvalue weighted by Gasteiger charge is 2.35. The highest BCUT2D eigenvalue weighted by molar-refractivity contribution is 5.85. The number of piperidine rings is 1. The molecule has 3 heterocycles. The highest BCUT2D eigenvalue weighted by Crippen LogP contribution is 2.40. The van der Waals surface area contributed by atoms with E-state index in [-0.39, 0.29) is 0 Å². The number of hydrogen-bond acceptors (Lipinski definition) is 1. The number of aryl methyl sites for hydroxylation is 1. The molecule has 2 unspecified atom stereocenters. The molecule has 1 fully saturated rings. The normalized spacial score (nSPS) is 28.7. The maximum atomic E-state index is 2.74. The first-order chi connectivity index (χ1) is 10.7. The van der Waals surface area contributed by atoms with Crippen molar-refractivity contribution in [3.63, 3.8) is 0 Å². The van der Waals surface area contributed by atoms with Gasteiger partial charge in [0, 0.05) is 36.7 Å². The van der Waals surface area contributed by atoms with Crippen LogP contribution in [0.25, 0.3) is 10.9 Å². The molecule has 2 atom stereocenters. The van der Waals surface area contributed by atoms with E-state index in [0.717, 1.165) is 0 Å². The number of aromatic nitrogens is 1. The number of benzene rings is 1. The van der Waals surface area contributed by atoms with E-state index in [1.54, 1.807) is 11.3 Å². The lowest BCUT2D eigenvalue weighted by Crippen LogP contribution is -2.43. The maximum absolute atomic E-state index is 2.74. The molecule has 0 amide bonds. The molecular weight excluding hydrogens is 268 g/mol. The summed E-state index contributed by atoms with van der Waals surface area (Å²) in [6, 6.07) is 8.98. The minimum atomic E-state index is 0.566. The van der Waals surface area contributed by atoms with Crippen LogP contribution in [0.15, 0.2) is 24.3 Å². The van der Waals surface area contributed by atoms with Gasteiger partial charge in [0.1, 0.15) is 0 Å². The first kappa shape index (κ1) is 14.3. The molecule has 1 saturated heterocycles. The molecule has 0 aliphatic carbocycles. The van der Waals surface area contributed by atoms with Gasteiger partial charge in [-0.3, -0.25) is 0 Å². The van der Waals surface area contributed by atoms with Crippen molar-refractivity contribution in [1.82, 2.24) is 9.47 Å². The van der Waals surface area contributed by atoms with Crippen molar-refractivity contribution >= 4 is 10.9 Å². The van der Waals surface area contributed by atoms with Gasteiger partial charge in [-0.15, -0.1) is 0 Å². The topological polar surface area (TPSA) is 8.17 Å². The lowest BCUT2D eigenvalue weighted by Gasteiger charge is -2.42. The third-order valence-corrected chi connectivity index (χ3v) is 6.40. The van der Waals surface area contributed by atoms with Gasteiger partial charge in [-0.25, -0.2) is 0 Å². The van der Waals surface area contributed by atoms with Gasteiger partial charge < -0.3 is 9.47 Å². The van der Waals surface area contributed by atoms with Gasteiger partial charge in [0.15, 0.2) is 0 Å². The molecule has 2 heteroatoms. The summed E-state index contributed by atoms with van der Waals surface area (Å²) in [5.74, 6) is 0. The summed E-state index contributed by atoms with van der Waals surface area (Å²) < 4.78 is 2.47. The first-order valence-corrected chi connectivity index (χ1v) is 9.00. The second-order valence-electron chi connectivity index (χ2n) is 7.48. The molecule has 2 bridgehead atoms. The highest BCUT2D eigenvalue weighted by atomic mass is 15.1. The second kappa shape index (κ2) is 5.42. The van der Waals surface area contributed by atoms with Gasteiger partial charge in [0.25, 0.3) is 0 Å². The van der Waals surface area contributed by atoms with Gasteiger partial charge in [-0.2, -0.15) is 0 Å². The van der Waals surface area contributed by atoms with Crippen molar-refractivity contribution in [2.75, 3.05) is 19.6 Å². The maximum Gasteiger partial charge on any atom is 0.0482 e. The van der Waals surface area contributed by atoms with Gasteiger partial charge in [-0.05, 0) is 62.1 Å². The summed E-state index contributed by atoms with van der Waals surface area (Å²) in [6.07, 6.45) is 7.99. The molecule has 2 nitrogen and oxygen atoms in total. The summed E-state index contributed by atoms with van der Waals surface area (Å²) in [6.45, 7) is 6.28. The quantitative estimate of drug-likeness (QED) is 0.767. The van der Waals surface area contributed by atoms with Crippen molar-refractivity contribution in [2.45, 2.75) is 45.4 Å². The van der Waals surface area contributed by atoms with E-state index >= 15 is 0 Å². The van der Waals surface area contributed by atoms with Crippen molar-refractivity contribution in [3.05, 3.63) is 35.5 Å². The Hall–Kier alpha value is -1.28. The molecular formula is C20H28N2. The Balaban J connectivity index is 1.80. The van der Waals surface area contributed by atoms with E-state index in [1.165, 1.54) is 69.1 Å². The number of nitrogens with zero attached hydrogens (tertiary/aromatic N) is 2. The SMILES string of the molecule is CCC12CCCN(CCc3c(n(C)c4ccccc34)CC1)C2. The number of hydrogen-bond donors (Lipinski definition) is 0. The molecule has 1 aromatic heterocycles. The lowest BCUT2D eigenvalue weighted by atomic mass is 9.74. The summed E-state index contributed by atoms with van der Waals surface area (Å²) in [7, 11) is 2.27. The molecule has 2 aromatic rings. The monoisotopic (exact) mass is 296 g/mol. The van der Waals surface area contributed by atoms with E-state index in [4.69, 9.17) is 0 Å². The standard InChI is InChI=1S/C20H28N2/c1-3-20-11-6-13-22(15-20)14-10-17-16-7-4-5-8-18(16)21(2)19(17)9-12-20/h4-5,7-8H,3,6,9-15H2,1-2H3. The van der Waals surface area contributed by atoms with Crippen molar-refractivity contribution < 1.29 is 0 Å². The van der Waals surface area contributed by atoms with Crippen LogP contribution in [-0.4, -0.2) is 29.1 Å². The van der Waals surface area contributed by atoms with Crippen LogP contribution in [0.1, 0.15) is 43.9 Å². The van der Waals surface area contributed by atoms with Crippen LogP contribution < -0.4 is 0 Å². The predicted octanol–water partition coefficient (Wildman–Crippen LogP) is 4.16. The van der Waals surface area contributed by atoms with Gasteiger partial charge in [-0.1, -0.05) is 25.1 Å². The van der Waals surface area contributed by atoms with E-state index < -0.39 is 0 Å². The molecule has 118 valence electrons. The van der Waals surface area contributed by atoms with Crippen LogP contribution in [0.2, 0.25) is 0 Å². The third kappa shape index (κ3) is 2.20. The first-order valence-electron chi connectivity index (χ1n) is 9.00. The van der Waals surface area contributed by atoms with E-state index in [1.807, 2.05) is 0 Å². The summed E-state index contributed by atoms with van der Waals surface area (Å²) in [4.78, 5) is 2.74. The molecule has 0 spiro atoms. The Labute approximate surface area is 134 Å². The zero-order chi connectivity index (χ0) is 15.2. The van der Waals surface area contributed by atoms with Gasteiger partial charge >= 0.3 is 0 Å². The largest absolute Gasteiger partial charge is 0.347 e. The Morgan fingerprint density at radius 3 is 2.82 bits per heavy atom. The molecule has 2 aliphatic heterocycles. The zero-order valence-corrected chi connectivity index (χ0v) is 14.1. The third-order valence-electron chi connectivity index (χ3n) is 6.40. The lowest BCUT2D eigenvalue weighted by molar-refractivity contribution is 0.0788.